The Balaban J connectivity index is 1.94. The first-order chi connectivity index (χ1) is 16.3. The number of nitrogens with zero attached hydrogens (tertiary/aromatic N) is 1. The van der Waals surface area contributed by atoms with E-state index >= 15 is 0 Å². The van der Waals surface area contributed by atoms with Gasteiger partial charge in [-0.1, -0.05) is 52.5 Å². The summed E-state index contributed by atoms with van der Waals surface area (Å²) >= 11 is 24.8. The molecule has 1 heterocycles. The van der Waals surface area contributed by atoms with Gasteiger partial charge in [-0.25, -0.2) is 4.79 Å². The molecular formula is C21H15Cl4F3N2O4S. The lowest BCUT2D eigenvalue weighted by Crippen LogP contribution is -2.42. The molecule has 0 aliphatic carbocycles. The Morgan fingerprint density at radius 3 is 2.29 bits per heavy atom. The molecule has 0 aromatic heterocycles. The maximum absolute atomic E-state index is 14.2. The van der Waals surface area contributed by atoms with Crippen molar-refractivity contribution in [2.45, 2.75) is 11.8 Å². The van der Waals surface area contributed by atoms with Gasteiger partial charge < -0.3 is 9.64 Å². The standard InChI is InChI=1S/C21H15Cl4F3N2O4S/c1-30(17(31)9-35-19(32)33-2)16-4-3-10(5-12(16)22)15-8-20(34-29-15,21(26,27)28)11-6-13(23)18(25)14(24)7-11/h3-8,29H,9H2,1-2H3. The molecule has 6 nitrogen and oxygen atoms in total. The van der Waals surface area contributed by atoms with Gasteiger partial charge in [-0.05, 0) is 42.1 Å². The topological polar surface area (TPSA) is 67.9 Å². The van der Waals surface area contributed by atoms with Crippen LogP contribution in [0.15, 0.2) is 36.4 Å². The molecule has 1 atom stereocenters. The smallest absolute Gasteiger partial charge is 0.428 e. The highest BCUT2D eigenvalue weighted by Crippen LogP contribution is 2.49. The fraction of sp³-hybridized carbons (Fsp3) is 0.238. The Bertz CT molecular complexity index is 1190. The predicted molar refractivity (Wildman–Crippen MR) is 131 cm³/mol. The fourth-order valence-corrected chi connectivity index (χ4v) is 4.57. The summed E-state index contributed by atoms with van der Waals surface area (Å²) in [6.07, 6.45) is -4.08. The van der Waals surface area contributed by atoms with Gasteiger partial charge in [0.25, 0.3) is 0 Å². The second-order valence-electron chi connectivity index (χ2n) is 7.11. The second-order valence-corrected chi connectivity index (χ2v) is 9.62. The summed E-state index contributed by atoms with van der Waals surface area (Å²) in [5.41, 5.74) is -0.513. The lowest BCUT2D eigenvalue weighted by atomic mass is 9.91. The Kier molecular flexibility index (Phi) is 8.45. The van der Waals surface area contributed by atoms with Crippen LogP contribution in [0, 0.1) is 0 Å². The van der Waals surface area contributed by atoms with Crippen molar-refractivity contribution >= 4 is 80.8 Å². The number of methoxy groups -OCH3 is 1. The molecule has 1 aliphatic rings. The van der Waals surface area contributed by atoms with Crippen LogP contribution in [0.3, 0.4) is 0 Å². The lowest BCUT2D eigenvalue weighted by Gasteiger charge is -2.29. The summed E-state index contributed by atoms with van der Waals surface area (Å²) in [5.74, 6) is -0.633. The normalized spacial score (nSPS) is 17.6. The number of halogens is 7. The molecule has 2 aromatic rings. The van der Waals surface area contributed by atoms with Crippen LogP contribution in [0.2, 0.25) is 20.1 Å². The monoisotopic (exact) mass is 588 g/mol. The van der Waals surface area contributed by atoms with E-state index in [0.717, 1.165) is 18.2 Å². The third-order valence-corrected chi connectivity index (χ3v) is 7.27. The molecule has 0 saturated carbocycles. The number of hydrogen-bond acceptors (Lipinski definition) is 6. The van der Waals surface area contributed by atoms with Gasteiger partial charge in [0.05, 0.1) is 44.3 Å². The van der Waals surface area contributed by atoms with Crippen LogP contribution in [-0.2, 0) is 20.0 Å². The minimum absolute atomic E-state index is 0.0341. The Labute approximate surface area is 222 Å². The minimum atomic E-state index is -4.91. The molecule has 188 valence electrons. The number of amides is 1. The van der Waals surface area contributed by atoms with Crippen LogP contribution >= 0.6 is 58.2 Å². The average Bonchev–Trinajstić information content (AvgIpc) is 3.27. The van der Waals surface area contributed by atoms with E-state index in [2.05, 4.69) is 10.2 Å². The maximum atomic E-state index is 14.2. The van der Waals surface area contributed by atoms with Gasteiger partial charge >= 0.3 is 11.5 Å². The van der Waals surface area contributed by atoms with Crippen molar-refractivity contribution in [2.24, 2.45) is 0 Å². The molecule has 1 aliphatic heterocycles. The van der Waals surface area contributed by atoms with E-state index in [1.54, 1.807) is 0 Å². The number of benzene rings is 2. The fourth-order valence-electron chi connectivity index (χ4n) is 3.11. The number of hydrogen-bond donors (Lipinski definition) is 1. The summed E-state index contributed by atoms with van der Waals surface area (Å²) in [4.78, 5) is 29.8. The van der Waals surface area contributed by atoms with Crippen molar-refractivity contribution in [1.82, 2.24) is 5.48 Å². The number of nitrogens with one attached hydrogen (secondary N) is 1. The molecule has 0 fully saturated rings. The van der Waals surface area contributed by atoms with Crippen molar-refractivity contribution in [2.75, 3.05) is 24.8 Å². The first-order valence-corrected chi connectivity index (χ1v) is 12.0. The molecule has 0 spiro atoms. The second kappa shape index (κ2) is 10.7. The zero-order valence-corrected chi connectivity index (χ0v) is 21.6. The molecule has 1 unspecified atom stereocenters. The zero-order valence-electron chi connectivity index (χ0n) is 17.8. The molecule has 0 radical (unpaired) electrons. The summed E-state index contributed by atoms with van der Waals surface area (Å²) in [6, 6.07) is 6.31. The molecule has 0 bridgehead atoms. The van der Waals surface area contributed by atoms with E-state index in [4.69, 9.17) is 51.2 Å². The highest BCUT2D eigenvalue weighted by atomic mass is 35.5. The Hall–Kier alpha value is -1.82. The van der Waals surface area contributed by atoms with Gasteiger partial charge in [0.1, 0.15) is 0 Å². The lowest BCUT2D eigenvalue weighted by molar-refractivity contribution is -0.269. The number of hydroxylamine groups is 1. The summed E-state index contributed by atoms with van der Waals surface area (Å²) in [6.45, 7) is 0. The van der Waals surface area contributed by atoms with Gasteiger partial charge in [0, 0.05) is 18.2 Å². The number of carbonyl (C=O) groups excluding carboxylic acids is 2. The molecule has 1 amide bonds. The van der Waals surface area contributed by atoms with E-state index in [1.807, 2.05) is 0 Å². The van der Waals surface area contributed by atoms with Gasteiger partial charge in [0.15, 0.2) is 0 Å². The van der Waals surface area contributed by atoms with E-state index in [1.165, 1.54) is 37.3 Å². The van der Waals surface area contributed by atoms with Crippen molar-refractivity contribution in [1.29, 1.82) is 0 Å². The van der Waals surface area contributed by atoms with Crippen LogP contribution in [0.25, 0.3) is 5.70 Å². The third kappa shape index (κ3) is 5.63. The zero-order chi connectivity index (χ0) is 26.1. The van der Waals surface area contributed by atoms with E-state index in [9.17, 15) is 22.8 Å². The molecular weight excluding hydrogens is 575 g/mol. The summed E-state index contributed by atoms with van der Waals surface area (Å²) in [5, 5.41) is -0.979. The molecule has 3 rings (SSSR count). The summed E-state index contributed by atoms with van der Waals surface area (Å²) in [7, 11) is 2.64. The molecule has 2 aromatic carbocycles. The number of alkyl halides is 3. The SMILES string of the molecule is COC(=O)SCC(=O)N(C)c1ccc(C2=CC(c3cc(Cl)c(Cl)c(Cl)c3)(C(F)(F)F)ON2)cc1Cl. The third-order valence-electron chi connectivity index (χ3n) is 4.98. The number of ether oxygens (including phenoxy) is 1. The molecule has 0 saturated heterocycles. The quantitative estimate of drug-likeness (QED) is 0.296. The van der Waals surface area contributed by atoms with Crippen molar-refractivity contribution in [3.8, 4) is 0 Å². The largest absolute Gasteiger partial charge is 0.461 e. The van der Waals surface area contributed by atoms with Crippen molar-refractivity contribution in [3.05, 3.63) is 67.6 Å². The van der Waals surface area contributed by atoms with E-state index in [0.29, 0.717) is 11.8 Å². The van der Waals surface area contributed by atoms with Crippen LogP contribution < -0.4 is 10.4 Å². The number of carbonyl (C=O) groups is 2. The number of anilines is 1. The van der Waals surface area contributed by atoms with Crippen LogP contribution in [0.4, 0.5) is 23.7 Å². The number of thioether (sulfide) groups is 1. The first-order valence-electron chi connectivity index (χ1n) is 9.46. The molecule has 14 heteroatoms. The van der Waals surface area contributed by atoms with E-state index in [-0.39, 0.29) is 48.4 Å². The van der Waals surface area contributed by atoms with Crippen molar-refractivity contribution < 1.29 is 32.3 Å². The van der Waals surface area contributed by atoms with Crippen molar-refractivity contribution in [3.63, 3.8) is 0 Å². The highest BCUT2D eigenvalue weighted by Gasteiger charge is 2.59. The van der Waals surface area contributed by atoms with Gasteiger partial charge in [-0.2, -0.15) is 13.2 Å². The van der Waals surface area contributed by atoms with Gasteiger partial charge in [0.2, 0.25) is 11.5 Å². The van der Waals surface area contributed by atoms with Crippen LogP contribution in [0.5, 0.6) is 0 Å². The predicted octanol–water partition coefficient (Wildman–Crippen LogP) is 7.10. The van der Waals surface area contributed by atoms with Crippen LogP contribution in [0.1, 0.15) is 11.1 Å². The van der Waals surface area contributed by atoms with Gasteiger partial charge in [-0.15, -0.1) is 0 Å². The minimum Gasteiger partial charge on any atom is -0.461 e. The number of rotatable bonds is 5. The highest BCUT2D eigenvalue weighted by molar-refractivity contribution is 8.13. The maximum Gasteiger partial charge on any atom is 0.428 e. The first kappa shape index (κ1) is 27.8. The van der Waals surface area contributed by atoms with Crippen LogP contribution in [-0.4, -0.2) is 37.3 Å². The Morgan fingerprint density at radius 2 is 1.74 bits per heavy atom. The summed E-state index contributed by atoms with van der Waals surface area (Å²) < 4.78 is 47.1. The Morgan fingerprint density at radius 1 is 1.11 bits per heavy atom. The molecule has 1 N–H and O–H groups in total. The molecule has 35 heavy (non-hydrogen) atoms. The van der Waals surface area contributed by atoms with E-state index < -0.39 is 23.0 Å². The average molecular weight is 590 g/mol. The van der Waals surface area contributed by atoms with Gasteiger partial charge in [-0.3, -0.25) is 15.1 Å².